The van der Waals surface area contributed by atoms with Gasteiger partial charge in [-0.15, -0.1) is 24.8 Å². The summed E-state index contributed by atoms with van der Waals surface area (Å²) in [6.07, 6.45) is 8.03. The lowest BCUT2D eigenvalue weighted by Gasteiger charge is -2.02. The van der Waals surface area contributed by atoms with Crippen molar-refractivity contribution in [2.24, 2.45) is 0 Å². The predicted molar refractivity (Wildman–Crippen MR) is 65.3 cm³/mol. The highest BCUT2D eigenvalue weighted by Gasteiger charge is 1.96. The first-order chi connectivity index (χ1) is 5.77. The third-order valence-electron chi connectivity index (χ3n) is 2.07. The number of halogens is 2. The van der Waals surface area contributed by atoms with Crippen molar-refractivity contribution in [3.63, 3.8) is 0 Å². The largest absolute Gasteiger partial charge is 0.368 e. The van der Waals surface area contributed by atoms with E-state index in [1.807, 2.05) is 0 Å². The fraction of sp³-hybridized carbons (Fsp3) is 1.00. The highest BCUT2D eigenvalue weighted by atomic mass is 35.5. The molecule has 2 N–H and O–H groups in total. The summed E-state index contributed by atoms with van der Waals surface area (Å²) in [6.45, 7) is 2.21. The smallest absolute Gasteiger partial charge is 0.151 e. The van der Waals surface area contributed by atoms with Crippen LogP contribution in [0.25, 0.3) is 0 Å². The number of unbranched alkanes of at least 4 members (excludes halogenated alkanes) is 6. The lowest BCUT2D eigenvalue weighted by molar-refractivity contribution is -0.0466. The quantitative estimate of drug-likeness (QED) is 0.510. The molecular weight excluding hydrogens is 223 g/mol. The summed E-state index contributed by atoms with van der Waals surface area (Å²) in [6, 6.07) is 0. The third-order valence-corrected chi connectivity index (χ3v) is 2.07. The van der Waals surface area contributed by atoms with Crippen molar-refractivity contribution in [1.82, 2.24) is 0 Å². The van der Waals surface area contributed by atoms with Gasteiger partial charge >= 0.3 is 0 Å². The highest BCUT2D eigenvalue weighted by Crippen LogP contribution is 2.08. The Balaban J connectivity index is -0.000000605. The van der Waals surface area contributed by atoms with Crippen molar-refractivity contribution in [3.05, 3.63) is 0 Å². The highest BCUT2D eigenvalue weighted by molar-refractivity contribution is 5.85. The van der Waals surface area contributed by atoms with Gasteiger partial charge in [0.25, 0.3) is 0 Å². The molecule has 0 unspecified atom stereocenters. The maximum Gasteiger partial charge on any atom is 0.151 e. The van der Waals surface area contributed by atoms with Crippen LogP contribution in [0, 0.1) is 0 Å². The molecule has 0 amide bonds. The Bertz CT molecular complexity index is 90.2. The molecule has 0 aromatic carbocycles. The summed E-state index contributed by atoms with van der Waals surface area (Å²) in [7, 11) is 0. The van der Waals surface area contributed by atoms with Gasteiger partial charge in [0.2, 0.25) is 0 Å². The molecule has 0 heterocycles. The van der Waals surface area contributed by atoms with Crippen molar-refractivity contribution >= 4 is 24.8 Å². The minimum atomic E-state index is -1.10. The Labute approximate surface area is 99.9 Å². The topological polar surface area (TPSA) is 40.5 Å². The molecule has 2 nitrogen and oxygen atoms in total. The molecule has 0 aliphatic carbocycles. The molecule has 0 aliphatic heterocycles. The maximum atomic E-state index is 8.55. The van der Waals surface area contributed by atoms with Gasteiger partial charge in [0.05, 0.1) is 0 Å². The molecule has 0 atom stereocenters. The van der Waals surface area contributed by atoms with E-state index in [9.17, 15) is 0 Å². The zero-order chi connectivity index (χ0) is 9.23. The number of hydrogen-bond donors (Lipinski definition) is 2. The van der Waals surface area contributed by atoms with Crippen molar-refractivity contribution < 1.29 is 10.2 Å². The molecule has 0 aromatic heterocycles. The Hall–Kier alpha value is 0.500. The molecular formula is C10H24Cl2O2. The molecule has 0 bridgehead atoms. The van der Waals surface area contributed by atoms with E-state index in [1.54, 1.807) is 0 Å². The normalized spacial score (nSPS) is 9.43. The first-order valence-electron chi connectivity index (χ1n) is 5.13. The van der Waals surface area contributed by atoms with Gasteiger partial charge in [0.15, 0.2) is 6.29 Å². The van der Waals surface area contributed by atoms with E-state index >= 15 is 0 Å². The monoisotopic (exact) mass is 246 g/mol. The van der Waals surface area contributed by atoms with Crippen molar-refractivity contribution in [3.8, 4) is 0 Å². The lowest BCUT2D eigenvalue weighted by atomic mass is 10.1. The summed E-state index contributed by atoms with van der Waals surface area (Å²) in [4.78, 5) is 0. The second kappa shape index (κ2) is 15.9. The van der Waals surface area contributed by atoms with Gasteiger partial charge in [0.1, 0.15) is 0 Å². The Kier molecular flexibility index (Phi) is 22.8. The minimum absolute atomic E-state index is 0. The molecule has 14 heavy (non-hydrogen) atoms. The molecule has 0 fully saturated rings. The van der Waals surface area contributed by atoms with E-state index in [0.29, 0.717) is 6.42 Å². The predicted octanol–water partition coefficient (Wildman–Crippen LogP) is 3.28. The van der Waals surface area contributed by atoms with E-state index in [2.05, 4.69) is 6.92 Å². The second-order valence-corrected chi connectivity index (χ2v) is 3.39. The summed E-state index contributed by atoms with van der Waals surface area (Å²) < 4.78 is 0. The average Bonchev–Trinajstić information content (AvgIpc) is 2.02. The molecule has 90 valence electrons. The van der Waals surface area contributed by atoms with Gasteiger partial charge in [-0.05, 0) is 12.8 Å². The second-order valence-electron chi connectivity index (χ2n) is 3.39. The summed E-state index contributed by atoms with van der Waals surface area (Å²) in [5.74, 6) is 0. The molecule has 0 saturated heterocycles. The van der Waals surface area contributed by atoms with Crippen molar-refractivity contribution in [1.29, 1.82) is 0 Å². The van der Waals surface area contributed by atoms with Gasteiger partial charge in [-0.2, -0.15) is 0 Å². The molecule has 0 rings (SSSR count). The van der Waals surface area contributed by atoms with Crippen LogP contribution >= 0.6 is 24.8 Å². The number of aliphatic hydroxyl groups is 2. The van der Waals surface area contributed by atoms with E-state index in [0.717, 1.165) is 12.8 Å². The fourth-order valence-corrected chi connectivity index (χ4v) is 1.28. The van der Waals surface area contributed by atoms with Crippen molar-refractivity contribution in [2.45, 2.75) is 64.6 Å². The van der Waals surface area contributed by atoms with Crippen LogP contribution in [-0.2, 0) is 0 Å². The molecule has 0 aliphatic rings. The third kappa shape index (κ3) is 18.3. The standard InChI is InChI=1S/C10H22O2.2ClH/c1-2-3-4-5-6-7-8-9-10(11)12;;/h10-12H,2-9H2,1H3;2*1H. The van der Waals surface area contributed by atoms with Crippen LogP contribution in [0.2, 0.25) is 0 Å². The van der Waals surface area contributed by atoms with E-state index in [4.69, 9.17) is 10.2 Å². The maximum absolute atomic E-state index is 8.55. The zero-order valence-corrected chi connectivity index (χ0v) is 10.6. The first kappa shape index (κ1) is 20.0. The van der Waals surface area contributed by atoms with E-state index in [-0.39, 0.29) is 24.8 Å². The lowest BCUT2D eigenvalue weighted by Crippen LogP contribution is -2.02. The number of rotatable bonds is 8. The molecule has 0 radical (unpaired) electrons. The van der Waals surface area contributed by atoms with Crippen LogP contribution in [0.15, 0.2) is 0 Å². The van der Waals surface area contributed by atoms with Crippen LogP contribution in [0.4, 0.5) is 0 Å². The van der Waals surface area contributed by atoms with Gasteiger partial charge in [-0.1, -0.05) is 45.4 Å². The first-order valence-corrected chi connectivity index (χ1v) is 5.13. The van der Waals surface area contributed by atoms with Crippen LogP contribution in [0.5, 0.6) is 0 Å². The van der Waals surface area contributed by atoms with Gasteiger partial charge in [-0.3, -0.25) is 0 Å². The minimum Gasteiger partial charge on any atom is -0.368 e. The molecule has 0 aromatic rings. The van der Waals surface area contributed by atoms with E-state index < -0.39 is 6.29 Å². The van der Waals surface area contributed by atoms with Gasteiger partial charge < -0.3 is 10.2 Å². The Morgan fingerprint density at radius 1 is 0.786 bits per heavy atom. The number of hydrogen-bond acceptors (Lipinski definition) is 2. The fourth-order valence-electron chi connectivity index (χ4n) is 1.28. The summed E-state index contributed by atoms with van der Waals surface area (Å²) in [5, 5.41) is 17.1. The molecule has 0 spiro atoms. The summed E-state index contributed by atoms with van der Waals surface area (Å²) >= 11 is 0. The van der Waals surface area contributed by atoms with Gasteiger partial charge in [0, 0.05) is 0 Å². The Morgan fingerprint density at radius 3 is 1.64 bits per heavy atom. The number of aliphatic hydroxyl groups excluding tert-OH is 1. The SMILES string of the molecule is CCCCCCCCCC(O)O.Cl.Cl. The van der Waals surface area contributed by atoms with E-state index in [1.165, 1.54) is 32.1 Å². The summed E-state index contributed by atoms with van der Waals surface area (Å²) in [5.41, 5.74) is 0. The average molecular weight is 247 g/mol. The van der Waals surface area contributed by atoms with Crippen LogP contribution in [0.3, 0.4) is 0 Å². The Morgan fingerprint density at radius 2 is 1.21 bits per heavy atom. The zero-order valence-electron chi connectivity index (χ0n) is 8.95. The van der Waals surface area contributed by atoms with Crippen molar-refractivity contribution in [2.75, 3.05) is 0 Å². The van der Waals surface area contributed by atoms with Crippen LogP contribution < -0.4 is 0 Å². The molecule has 0 saturated carbocycles. The van der Waals surface area contributed by atoms with Crippen LogP contribution in [0.1, 0.15) is 58.3 Å². The van der Waals surface area contributed by atoms with Crippen LogP contribution in [-0.4, -0.2) is 16.5 Å². The van der Waals surface area contributed by atoms with Gasteiger partial charge in [-0.25, -0.2) is 0 Å². The molecule has 4 heteroatoms.